The van der Waals surface area contributed by atoms with E-state index in [1.165, 1.54) is 0 Å². The van der Waals surface area contributed by atoms with Crippen LogP contribution in [0.4, 0.5) is 5.69 Å². The second kappa shape index (κ2) is 4.37. The predicted octanol–water partition coefficient (Wildman–Crippen LogP) is 1.98. The van der Waals surface area contributed by atoms with Gasteiger partial charge in [-0.3, -0.25) is 14.9 Å². The molecule has 0 aromatic carbocycles. The molecule has 5 heteroatoms. The Bertz CT molecular complexity index is 540. The lowest BCUT2D eigenvalue weighted by molar-refractivity contribution is 0.102. The highest BCUT2D eigenvalue weighted by atomic mass is 16.1. The Morgan fingerprint density at radius 2 is 2.06 bits per heavy atom. The van der Waals surface area contributed by atoms with Crippen LogP contribution in [0.25, 0.3) is 0 Å². The third kappa shape index (κ3) is 2.33. The van der Waals surface area contributed by atoms with Gasteiger partial charge < -0.3 is 5.32 Å². The summed E-state index contributed by atoms with van der Waals surface area (Å²) in [6.07, 6.45) is 3.36. The van der Waals surface area contributed by atoms with Crippen molar-refractivity contribution in [1.82, 2.24) is 15.2 Å². The maximum atomic E-state index is 12.0. The van der Waals surface area contributed by atoms with Crippen LogP contribution in [0, 0.1) is 20.8 Å². The van der Waals surface area contributed by atoms with Crippen LogP contribution in [-0.4, -0.2) is 21.1 Å². The van der Waals surface area contributed by atoms with Gasteiger partial charge in [-0.2, -0.15) is 5.10 Å². The third-order valence-corrected chi connectivity index (χ3v) is 2.49. The molecule has 2 aromatic rings. The van der Waals surface area contributed by atoms with Crippen LogP contribution in [0.2, 0.25) is 0 Å². The fourth-order valence-electron chi connectivity index (χ4n) is 1.70. The van der Waals surface area contributed by atoms with Crippen LogP contribution in [0.5, 0.6) is 0 Å². The van der Waals surface area contributed by atoms with E-state index in [9.17, 15) is 4.79 Å². The fraction of sp³-hybridized carbons (Fsp3) is 0.250. The SMILES string of the molecule is Cc1cncc(NC(=O)c2c(C)n[nH]c2C)c1. The van der Waals surface area contributed by atoms with Crippen molar-refractivity contribution in [2.75, 3.05) is 5.32 Å². The van der Waals surface area contributed by atoms with Gasteiger partial charge in [0.25, 0.3) is 5.91 Å². The van der Waals surface area contributed by atoms with Gasteiger partial charge in [-0.1, -0.05) is 0 Å². The molecule has 0 unspecified atom stereocenters. The Balaban J connectivity index is 2.23. The Morgan fingerprint density at radius 1 is 1.29 bits per heavy atom. The number of carbonyl (C=O) groups is 1. The standard InChI is InChI=1S/C12H14N4O/c1-7-4-10(6-13-5-7)14-12(17)11-8(2)15-16-9(11)3/h4-6H,1-3H3,(H,14,17)(H,15,16). The Hall–Kier alpha value is -2.17. The van der Waals surface area contributed by atoms with Gasteiger partial charge in [0.1, 0.15) is 0 Å². The van der Waals surface area contributed by atoms with Crippen molar-refractivity contribution in [3.63, 3.8) is 0 Å². The van der Waals surface area contributed by atoms with Gasteiger partial charge in [0.2, 0.25) is 0 Å². The lowest BCUT2D eigenvalue weighted by atomic mass is 10.2. The Morgan fingerprint density at radius 3 is 2.65 bits per heavy atom. The molecule has 0 saturated heterocycles. The molecule has 17 heavy (non-hydrogen) atoms. The van der Waals surface area contributed by atoms with E-state index in [1.807, 2.05) is 19.9 Å². The fourth-order valence-corrected chi connectivity index (χ4v) is 1.70. The number of H-pyrrole nitrogens is 1. The minimum Gasteiger partial charge on any atom is -0.320 e. The Kier molecular flexibility index (Phi) is 2.91. The van der Waals surface area contributed by atoms with Crippen LogP contribution in [0.3, 0.4) is 0 Å². The zero-order valence-electron chi connectivity index (χ0n) is 10.0. The van der Waals surface area contributed by atoms with Crippen molar-refractivity contribution in [1.29, 1.82) is 0 Å². The first-order valence-corrected chi connectivity index (χ1v) is 5.32. The average molecular weight is 230 g/mol. The maximum Gasteiger partial charge on any atom is 0.259 e. The number of aryl methyl sites for hydroxylation is 3. The van der Waals surface area contributed by atoms with Gasteiger partial charge in [0.05, 0.1) is 23.1 Å². The number of aromatic nitrogens is 3. The van der Waals surface area contributed by atoms with E-state index in [-0.39, 0.29) is 5.91 Å². The normalized spacial score (nSPS) is 10.3. The van der Waals surface area contributed by atoms with E-state index < -0.39 is 0 Å². The van der Waals surface area contributed by atoms with Crippen LogP contribution in [0.1, 0.15) is 27.3 Å². The monoisotopic (exact) mass is 230 g/mol. The number of hydrogen-bond donors (Lipinski definition) is 2. The molecule has 1 amide bonds. The summed E-state index contributed by atoms with van der Waals surface area (Å²) in [6.45, 7) is 5.55. The molecule has 88 valence electrons. The molecular formula is C12H14N4O. The van der Waals surface area contributed by atoms with Gasteiger partial charge in [-0.15, -0.1) is 0 Å². The molecule has 5 nitrogen and oxygen atoms in total. The number of hydrogen-bond acceptors (Lipinski definition) is 3. The largest absolute Gasteiger partial charge is 0.320 e. The van der Waals surface area contributed by atoms with Crippen LogP contribution in [0.15, 0.2) is 18.5 Å². The summed E-state index contributed by atoms with van der Waals surface area (Å²) in [5.74, 6) is -0.166. The molecule has 0 aliphatic heterocycles. The summed E-state index contributed by atoms with van der Waals surface area (Å²) < 4.78 is 0. The zero-order chi connectivity index (χ0) is 12.4. The number of rotatable bonds is 2. The topological polar surface area (TPSA) is 70.7 Å². The molecule has 2 N–H and O–H groups in total. The molecule has 0 aliphatic rings. The highest BCUT2D eigenvalue weighted by molar-refractivity contribution is 6.05. The van der Waals surface area contributed by atoms with E-state index in [2.05, 4.69) is 20.5 Å². The van der Waals surface area contributed by atoms with E-state index in [0.717, 1.165) is 11.3 Å². The third-order valence-electron chi connectivity index (χ3n) is 2.49. The first kappa shape index (κ1) is 11.3. The van der Waals surface area contributed by atoms with Crippen molar-refractivity contribution in [2.45, 2.75) is 20.8 Å². The summed E-state index contributed by atoms with van der Waals surface area (Å²) in [6, 6.07) is 1.87. The molecular weight excluding hydrogens is 216 g/mol. The molecule has 2 rings (SSSR count). The van der Waals surface area contributed by atoms with Gasteiger partial charge in [-0.05, 0) is 32.4 Å². The van der Waals surface area contributed by atoms with E-state index in [4.69, 9.17) is 0 Å². The minimum absolute atomic E-state index is 0.166. The van der Waals surface area contributed by atoms with E-state index in [0.29, 0.717) is 16.9 Å². The lowest BCUT2D eigenvalue weighted by Gasteiger charge is -2.05. The number of nitrogens with one attached hydrogen (secondary N) is 2. The average Bonchev–Trinajstić information content (AvgIpc) is 2.58. The number of aromatic amines is 1. The van der Waals surface area contributed by atoms with Crippen molar-refractivity contribution < 1.29 is 4.79 Å². The highest BCUT2D eigenvalue weighted by Crippen LogP contribution is 2.13. The molecule has 0 aliphatic carbocycles. The lowest BCUT2D eigenvalue weighted by Crippen LogP contribution is -2.13. The van der Waals surface area contributed by atoms with Crippen molar-refractivity contribution in [2.24, 2.45) is 0 Å². The quantitative estimate of drug-likeness (QED) is 0.828. The summed E-state index contributed by atoms with van der Waals surface area (Å²) in [5.41, 5.74) is 3.74. The first-order valence-electron chi connectivity index (χ1n) is 5.32. The summed E-state index contributed by atoms with van der Waals surface area (Å²) >= 11 is 0. The van der Waals surface area contributed by atoms with Crippen LogP contribution < -0.4 is 5.32 Å². The smallest absolute Gasteiger partial charge is 0.259 e. The van der Waals surface area contributed by atoms with E-state index >= 15 is 0 Å². The molecule has 0 saturated carbocycles. The van der Waals surface area contributed by atoms with Crippen molar-refractivity contribution >= 4 is 11.6 Å². The highest BCUT2D eigenvalue weighted by Gasteiger charge is 2.15. The molecule has 0 bridgehead atoms. The summed E-state index contributed by atoms with van der Waals surface area (Å²) in [4.78, 5) is 16.1. The van der Waals surface area contributed by atoms with Gasteiger partial charge in [-0.25, -0.2) is 0 Å². The van der Waals surface area contributed by atoms with E-state index in [1.54, 1.807) is 19.3 Å². The molecule has 0 spiro atoms. The second-order valence-corrected chi connectivity index (χ2v) is 4.01. The number of pyridine rings is 1. The van der Waals surface area contributed by atoms with Gasteiger partial charge in [0.15, 0.2) is 0 Å². The summed E-state index contributed by atoms with van der Waals surface area (Å²) in [7, 11) is 0. The van der Waals surface area contributed by atoms with Crippen molar-refractivity contribution in [3.05, 3.63) is 41.0 Å². The number of carbonyl (C=O) groups excluding carboxylic acids is 1. The molecule has 0 atom stereocenters. The number of nitrogens with zero attached hydrogens (tertiary/aromatic N) is 2. The minimum atomic E-state index is -0.166. The van der Waals surface area contributed by atoms with Crippen LogP contribution in [-0.2, 0) is 0 Å². The first-order chi connectivity index (χ1) is 8.08. The van der Waals surface area contributed by atoms with Crippen LogP contribution >= 0.6 is 0 Å². The molecule has 0 radical (unpaired) electrons. The van der Waals surface area contributed by atoms with Gasteiger partial charge in [0, 0.05) is 11.9 Å². The maximum absolute atomic E-state index is 12.0. The molecule has 2 aromatic heterocycles. The Labute approximate surface area is 99.3 Å². The number of anilines is 1. The van der Waals surface area contributed by atoms with Crippen molar-refractivity contribution in [3.8, 4) is 0 Å². The molecule has 0 fully saturated rings. The summed E-state index contributed by atoms with van der Waals surface area (Å²) in [5, 5.41) is 9.59. The predicted molar refractivity (Wildman–Crippen MR) is 65.0 cm³/mol. The molecule has 2 heterocycles. The van der Waals surface area contributed by atoms with Gasteiger partial charge >= 0.3 is 0 Å². The number of amides is 1. The zero-order valence-corrected chi connectivity index (χ0v) is 10.0. The second-order valence-electron chi connectivity index (χ2n) is 4.01.